The summed E-state index contributed by atoms with van der Waals surface area (Å²) in [7, 11) is 0. The van der Waals surface area contributed by atoms with Crippen LogP contribution in [-0.2, 0) is 6.18 Å². The van der Waals surface area contributed by atoms with Gasteiger partial charge in [0.25, 0.3) is 0 Å². The van der Waals surface area contributed by atoms with E-state index in [1.165, 1.54) is 25.3 Å². The predicted molar refractivity (Wildman–Crippen MR) is 70.9 cm³/mol. The summed E-state index contributed by atoms with van der Waals surface area (Å²) in [5, 5.41) is 3.16. The minimum absolute atomic E-state index is 0.154. The van der Waals surface area contributed by atoms with Gasteiger partial charge in [-0.3, -0.25) is 0 Å². The van der Waals surface area contributed by atoms with Crippen molar-refractivity contribution in [3.05, 3.63) is 23.8 Å². The number of hydrogen-bond acceptors (Lipinski definition) is 2. The molecule has 1 aromatic carbocycles. The summed E-state index contributed by atoms with van der Waals surface area (Å²) in [6, 6.07) is 3.46. The van der Waals surface area contributed by atoms with E-state index in [-0.39, 0.29) is 5.69 Å². The molecule has 0 bridgehead atoms. The van der Waals surface area contributed by atoms with Crippen LogP contribution in [0, 0.1) is 11.8 Å². The molecule has 1 fully saturated rings. The molecule has 3 N–H and O–H groups in total. The van der Waals surface area contributed by atoms with Gasteiger partial charge < -0.3 is 11.1 Å². The number of anilines is 2. The molecule has 1 aliphatic rings. The molecule has 5 heteroatoms. The highest BCUT2D eigenvalue weighted by molar-refractivity contribution is 5.67. The van der Waals surface area contributed by atoms with Crippen LogP contribution in [0.5, 0.6) is 0 Å². The Bertz CT molecular complexity index is 443. The normalized spacial score (nSPS) is 23.6. The average molecular weight is 272 g/mol. The maximum absolute atomic E-state index is 12.5. The summed E-state index contributed by atoms with van der Waals surface area (Å²) >= 11 is 0. The molecule has 0 spiro atoms. The van der Waals surface area contributed by atoms with Crippen LogP contribution in [0.15, 0.2) is 18.2 Å². The van der Waals surface area contributed by atoms with Crippen LogP contribution in [0.3, 0.4) is 0 Å². The highest BCUT2D eigenvalue weighted by atomic mass is 19.4. The Hall–Kier alpha value is -1.39. The average Bonchev–Trinajstić information content (AvgIpc) is 2.72. The van der Waals surface area contributed by atoms with Crippen molar-refractivity contribution in [2.75, 3.05) is 17.6 Å². The lowest BCUT2D eigenvalue weighted by atomic mass is 10.1. The van der Waals surface area contributed by atoms with Crippen LogP contribution < -0.4 is 11.1 Å². The highest BCUT2D eigenvalue weighted by Gasteiger charge is 2.30. The molecule has 0 amide bonds. The topological polar surface area (TPSA) is 38.0 Å². The zero-order chi connectivity index (χ0) is 14.0. The van der Waals surface area contributed by atoms with E-state index >= 15 is 0 Å². The van der Waals surface area contributed by atoms with Gasteiger partial charge in [-0.05, 0) is 42.9 Å². The molecule has 1 aliphatic carbocycles. The third-order valence-corrected chi connectivity index (χ3v) is 3.76. The molecule has 106 valence electrons. The summed E-state index contributed by atoms with van der Waals surface area (Å²) < 4.78 is 37.5. The fourth-order valence-corrected chi connectivity index (χ4v) is 2.66. The molecule has 2 rings (SSSR count). The molecule has 1 saturated carbocycles. The predicted octanol–water partition coefficient (Wildman–Crippen LogP) is 4.14. The Labute approximate surface area is 111 Å². The van der Waals surface area contributed by atoms with Crippen molar-refractivity contribution in [3.8, 4) is 0 Å². The van der Waals surface area contributed by atoms with Gasteiger partial charge >= 0.3 is 6.18 Å². The van der Waals surface area contributed by atoms with Gasteiger partial charge in [-0.2, -0.15) is 13.2 Å². The van der Waals surface area contributed by atoms with Crippen molar-refractivity contribution in [2.24, 2.45) is 11.8 Å². The summed E-state index contributed by atoms with van der Waals surface area (Å²) in [4.78, 5) is 0. The maximum Gasteiger partial charge on any atom is 0.416 e. The molecule has 2 atom stereocenters. The maximum atomic E-state index is 12.5. The lowest BCUT2D eigenvalue weighted by molar-refractivity contribution is -0.137. The van der Waals surface area contributed by atoms with E-state index in [2.05, 4.69) is 12.2 Å². The van der Waals surface area contributed by atoms with Crippen molar-refractivity contribution in [2.45, 2.75) is 32.4 Å². The second-order valence-corrected chi connectivity index (χ2v) is 5.46. The second kappa shape index (κ2) is 5.31. The van der Waals surface area contributed by atoms with Gasteiger partial charge in [-0.25, -0.2) is 0 Å². The fourth-order valence-electron chi connectivity index (χ4n) is 2.66. The lowest BCUT2D eigenvalue weighted by Gasteiger charge is -2.15. The smallest absolute Gasteiger partial charge is 0.397 e. The van der Waals surface area contributed by atoms with Crippen LogP contribution in [-0.4, -0.2) is 6.54 Å². The van der Waals surface area contributed by atoms with Gasteiger partial charge in [0.1, 0.15) is 0 Å². The monoisotopic (exact) mass is 272 g/mol. The minimum Gasteiger partial charge on any atom is -0.397 e. The Morgan fingerprint density at radius 3 is 2.58 bits per heavy atom. The van der Waals surface area contributed by atoms with E-state index in [1.807, 2.05) is 0 Å². The highest BCUT2D eigenvalue weighted by Crippen LogP contribution is 2.34. The van der Waals surface area contributed by atoms with Crippen LogP contribution in [0.1, 0.15) is 31.7 Å². The van der Waals surface area contributed by atoms with E-state index in [0.717, 1.165) is 24.6 Å². The number of nitrogens with one attached hydrogen (secondary N) is 1. The van der Waals surface area contributed by atoms with Crippen LogP contribution in [0.4, 0.5) is 24.5 Å². The van der Waals surface area contributed by atoms with E-state index in [0.29, 0.717) is 11.6 Å². The van der Waals surface area contributed by atoms with Crippen molar-refractivity contribution in [3.63, 3.8) is 0 Å². The third-order valence-electron chi connectivity index (χ3n) is 3.76. The number of alkyl halides is 3. The Balaban J connectivity index is 1.98. The molecule has 0 aromatic heterocycles. The first-order valence-corrected chi connectivity index (χ1v) is 6.57. The van der Waals surface area contributed by atoms with Gasteiger partial charge in [0, 0.05) is 6.54 Å². The molecule has 0 radical (unpaired) electrons. The number of rotatable bonds is 3. The molecule has 0 aliphatic heterocycles. The number of hydrogen-bond donors (Lipinski definition) is 2. The number of nitrogen functional groups attached to an aromatic ring is 1. The number of halogens is 3. The molecule has 19 heavy (non-hydrogen) atoms. The van der Waals surface area contributed by atoms with Gasteiger partial charge in [-0.15, -0.1) is 0 Å². The Kier molecular flexibility index (Phi) is 3.92. The van der Waals surface area contributed by atoms with E-state index in [9.17, 15) is 13.2 Å². The van der Waals surface area contributed by atoms with E-state index < -0.39 is 11.7 Å². The number of benzene rings is 1. The first-order chi connectivity index (χ1) is 8.86. The van der Waals surface area contributed by atoms with Gasteiger partial charge in [0.2, 0.25) is 0 Å². The fraction of sp³-hybridized carbons (Fsp3) is 0.571. The largest absolute Gasteiger partial charge is 0.416 e. The van der Waals surface area contributed by atoms with Gasteiger partial charge in [-0.1, -0.05) is 13.3 Å². The second-order valence-electron chi connectivity index (χ2n) is 5.46. The zero-order valence-electron chi connectivity index (χ0n) is 10.9. The summed E-state index contributed by atoms with van der Waals surface area (Å²) in [6.45, 7) is 3.01. The molecule has 2 nitrogen and oxygen atoms in total. The third kappa shape index (κ3) is 3.55. The van der Waals surface area contributed by atoms with Crippen LogP contribution >= 0.6 is 0 Å². The zero-order valence-corrected chi connectivity index (χ0v) is 10.9. The quantitative estimate of drug-likeness (QED) is 0.812. The molecular weight excluding hydrogens is 253 g/mol. The van der Waals surface area contributed by atoms with Crippen molar-refractivity contribution < 1.29 is 13.2 Å². The standard InChI is InChI=1S/C14H19F3N2/c1-9-2-3-10(6-9)8-19-13-5-4-11(7-12(13)18)14(15,16)17/h4-5,7,9-10,19H,2-3,6,8,18H2,1H3. The molecule has 0 heterocycles. The molecule has 0 saturated heterocycles. The Morgan fingerprint density at radius 1 is 1.32 bits per heavy atom. The van der Waals surface area contributed by atoms with Crippen LogP contribution in [0.2, 0.25) is 0 Å². The lowest BCUT2D eigenvalue weighted by Crippen LogP contribution is -2.13. The van der Waals surface area contributed by atoms with Crippen molar-refractivity contribution >= 4 is 11.4 Å². The Morgan fingerprint density at radius 2 is 2.05 bits per heavy atom. The van der Waals surface area contributed by atoms with Gasteiger partial charge in [0.15, 0.2) is 0 Å². The first kappa shape index (κ1) is 14.0. The SMILES string of the molecule is CC1CCC(CNc2ccc(C(F)(F)F)cc2N)C1. The first-order valence-electron chi connectivity index (χ1n) is 6.57. The van der Waals surface area contributed by atoms with E-state index in [4.69, 9.17) is 5.73 Å². The van der Waals surface area contributed by atoms with E-state index in [1.54, 1.807) is 0 Å². The molecule has 2 unspecified atom stereocenters. The summed E-state index contributed by atoms with van der Waals surface area (Å²) in [6.07, 6.45) is -0.759. The van der Waals surface area contributed by atoms with Crippen LogP contribution in [0.25, 0.3) is 0 Å². The molecular formula is C14H19F3N2. The van der Waals surface area contributed by atoms with Crippen molar-refractivity contribution in [1.82, 2.24) is 0 Å². The number of nitrogens with two attached hydrogens (primary N) is 1. The van der Waals surface area contributed by atoms with Gasteiger partial charge in [0.05, 0.1) is 16.9 Å². The van der Waals surface area contributed by atoms with Crippen molar-refractivity contribution in [1.29, 1.82) is 0 Å². The summed E-state index contributed by atoms with van der Waals surface area (Å²) in [5.74, 6) is 1.34. The minimum atomic E-state index is -4.34. The molecule has 1 aromatic rings. The summed E-state index contributed by atoms with van der Waals surface area (Å²) in [5.41, 5.74) is 5.71.